The summed E-state index contributed by atoms with van der Waals surface area (Å²) in [6, 6.07) is 6.39. The van der Waals surface area contributed by atoms with Gasteiger partial charge in [-0.3, -0.25) is 4.90 Å². The van der Waals surface area contributed by atoms with Gasteiger partial charge in [0, 0.05) is 45.0 Å². The molecule has 102 valence electrons. The molecule has 0 amide bonds. The molecule has 4 heteroatoms. The van der Waals surface area contributed by atoms with E-state index < -0.39 is 0 Å². The second kappa shape index (κ2) is 5.72. The second-order valence-corrected chi connectivity index (χ2v) is 5.52. The van der Waals surface area contributed by atoms with Crippen molar-refractivity contribution >= 4 is 5.82 Å². The smallest absolute Gasteiger partial charge is 0.128 e. The Kier molecular flexibility index (Phi) is 3.80. The lowest BCUT2D eigenvalue weighted by Crippen LogP contribution is -2.48. The average molecular weight is 258 g/mol. The fourth-order valence-corrected chi connectivity index (χ4v) is 2.97. The van der Waals surface area contributed by atoms with Crippen molar-refractivity contribution in [3.63, 3.8) is 0 Å². The summed E-state index contributed by atoms with van der Waals surface area (Å²) in [5.74, 6) is 1.75. The number of pyridine rings is 1. The largest absolute Gasteiger partial charge is 0.354 e. The van der Waals surface area contributed by atoms with Gasteiger partial charge in [0.1, 0.15) is 5.82 Å². The van der Waals surface area contributed by atoms with E-state index in [1.807, 2.05) is 12.3 Å². The Morgan fingerprint density at radius 2 is 2.00 bits per heavy atom. The number of nitrogens with zero attached hydrogens (tertiary/aromatic N) is 3. The molecule has 0 saturated carbocycles. The predicted molar refractivity (Wildman–Crippen MR) is 78.1 cm³/mol. The Morgan fingerprint density at radius 1 is 1.16 bits per heavy atom. The molecule has 0 spiro atoms. The van der Waals surface area contributed by atoms with E-state index in [1.54, 1.807) is 0 Å². The van der Waals surface area contributed by atoms with Crippen molar-refractivity contribution in [3.05, 3.63) is 36.5 Å². The van der Waals surface area contributed by atoms with Gasteiger partial charge in [-0.25, -0.2) is 4.98 Å². The fourth-order valence-electron chi connectivity index (χ4n) is 2.97. The molecule has 1 aliphatic heterocycles. The normalized spacial score (nSPS) is 27.9. The number of piperazine rings is 1. The van der Waals surface area contributed by atoms with Crippen LogP contribution in [0.4, 0.5) is 5.82 Å². The average Bonchev–Trinajstić information content (AvgIpc) is 2.86. The zero-order valence-electron chi connectivity index (χ0n) is 11.3. The first-order valence-corrected chi connectivity index (χ1v) is 7.13. The molecule has 2 unspecified atom stereocenters. The highest BCUT2D eigenvalue weighted by molar-refractivity contribution is 5.38. The van der Waals surface area contributed by atoms with Crippen LogP contribution in [-0.4, -0.2) is 48.6 Å². The van der Waals surface area contributed by atoms with E-state index in [4.69, 9.17) is 5.73 Å². The Morgan fingerprint density at radius 3 is 2.63 bits per heavy atom. The van der Waals surface area contributed by atoms with Crippen LogP contribution in [0.5, 0.6) is 0 Å². The van der Waals surface area contributed by atoms with E-state index in [9.17, 15) is 0 Å². The molecule has 1 aromatic rings. The first-order valence-electron chi connectivity index (χ1n) is 7.13. The molecule has 19 heavy (non-hydrogen) atoms. The number of aromatic nitrogens is 1. The first kappa shape index (κ1) is 12.6. The van der Waals surface area contributed by atoms with Gasteiger partial charge < -0.3 is 10.6 Å². The highest BCUT2D eigenvalue weighted by atomic mass is 15.3. The van der Waals surface area contributed by atoms with Crippen LogP contribution in [0.2, 0.25) is 0 Å². The van der Waals surface area contributed by atoms with E-state index >= 15 is 0 Å². The highest BCUT2D eigenvalue weighted by Crippen LogP contribution is 2.19. The van der Waals surface area contributed by atoms with Crippen LogP contribution in [0.15, 0.2) is 36.5 Å². The van der Waals surface area contributed by atoms with Gasteiger partial charge in [0.2, 0.25) is 0 Å². The molecular formula is C15H22N4. The molecule has 2 aliphatic rings. The van der Waals surface area contributed by atoms with Gasteiger partial charge in [0.05, 0.1) is 0 Å². The quantitative estimate of drug-likeness (QED) is 0.825. The lowest BCUT2D eigenvalue weighted by atomic mass is 10.1. The molecule has 2 N–H and O–H groups in total. The number of rotatable bonds is 3. The van der Waals surface area contributed by atoms with E-state index in [0.29, 0.717) is 5.92 Å². The molecule has 3 rings (SSSR count). The molecule has 0 bridgehead atoms. The summed E-state index contributed by atoms with van der Waals surface area (Å²) < 4.78 is 0. The summed E-state index contributed by atoms with van der Waals surface area (Å²) in [6.45, 7) is 5.53. The summed E-state index contributed by atoms with van der Waals surface area (Å²) >= 11 is 0. The first-order chi connectivity index (χ1) is 9.31. The monoisotopic (exact) mass is 258 g/mol. The zero-order valence-corrected chi connectivity index (χ0v) is 11.3. The van der Waals surface area contributed by atoms with Gasteiger partial charge in [-0.15, -0.1) is 0 Å². The third-order valence-corrected chi connectivity index (χ3v) is 4.04. The Balaban J connectivity index is 1.49. The topological polar surface area (TPSA) is 45.4 Å². The lowest BCUT2D eigenvalue weighted by molar-refractivity contribution is 0.231. The molecule has 0 aromatic carbocycles. The standard InChI is InChI=1S/C15H22N4/c16-14-5-4-13(11-14)12-18-7-9-19(10-8-18)15-3-1-2-6-17-15/h1-6,13-14H,7-12,16H2. The van der Waals surface area contributed by atoms with E-state index in [1.165, 1.54) is 0 Å². The van der Waals surface area contributed by atoms with Gasteiger partial charge >= 0.3 is 0 Å². The van der Waals surface area contributed by atoms with Crippen molar-refractivity contribution in [1.29, 1.82) is 0 Å². The van der Waals surface area contributed by atoms with Crippen LogP contribution in [0.25, 0.3) is 0 Å². The molecule has 2 atom stereocenters. The SMILES string of the molecule is NC1C=CC(CN2CCN(c3ccccn3)CC2)C1. The summed E-state index contributed by atoms with van der Waals surface area (Å²) in [6.07, 6.45) is 7.41. The van der Waals surface area contributed by atoms with E-state index in [2.05, 4.69) is 39.1 Å². The molecule has 4 nitrogen and oxygen atoms in total. The molecule has 2 heterocycles. The minimum absolute atomic E-state index is 0.278. The van der Waals surface area contributed by atoms with Crippen LogP contribution in [-0.2, 0) is 0 Å². The molecule has 1 aromatic heterocycles. The molecule has 0 radical (unpaired) electrons. The minimum atomic E-state index is 0.278. The number of anilines is 1. The lowest BCUT2D eigenvalue weighted by Gasteiger charge is -2.36. The van der Waals surface area contributed by atoms with E-state index in [-0.39, 0.29) is 6.04 Å². The molecular weight excluding hydrogens is 236 g/mol. The highest BCUT2D eigenvalue weighted by Gasteiger charge is 2.22. The molecule has 1 aliphatic carbocycles. The van der Waals surface area contributed by atoms with Crippen LogP contribution in [0, 0.1) is 5.92 Å². The maximum Gasteiger partial charge on any atom is 0.128 e. The Bertz CT molecular complexity index is 423. The Labute approximate surface area is 114 Å². The minimum Gasteiger partial charge on any atom is -0.354 e. The third-order valence-electron chi connectivity index (χ3n) is 4.04. The van der Waals surface area contributed by atoms with E-state index in [0.717, 1.165) is 45.0 Å². The molecule has 1 fully saturated rings. The molecule has 1 saturated heterocycles. The zero-order chi connectivity index (χ0) is 13.1. The third kappa shape index (κ3) is 3.14. The number of nitrogens with two attached hydrogens (primary N) is 1. The van der Waals surface area contributed by atoms with Crippen LogP contribution >= 0.6 is 0 Å². The predicted octanol–water partition coefficient (Wildman–Crippen LogP) is 1.11. The van der Waals surface area contributed by atoms with Crippen molar-refractivity contribution in [2.24, 2.45) is 11.7 Å². The van der Waals surface area contributed by atoms with Crippen LogP contribution in [0.3, 0.4) is 0 Å². The van der Waals surface area contributed by atoms with Gasteiger partial charge in [-0.1, -0.05) is 18.2 Å². The summed E-state index contributed by atoms with van der Waals surface area (Å²) in [4.78, 5) is 9.34. The fraction of sp³-hybridized carbons (Fsp3) is 0.533. The van der Waals surface area contributed by atoms with Gasteiger partial charge in [-0.05, 0) is 24.5 Å². The summed E-state index contributed by atoms with van der Waals surface area (Å²) in [5.41, 5.74) is 5.91. The number of hydrogen-bond donors (Lipinski definition) is 1. The van der Waals surface area contributed by atoms with Crippen molar-refractivity contribution < 1.29 is 0 Å². The van der Waals surface area contributed by atoms with Gasteiger partial charge in [0.15, 0.2) is 0 Å². The number of hydrogen-bond acceptors (Lipinski definition) is 4. The van der Waals surface area contributed by atoms with Gasteiger partial charge in [0.25, 0.3) is 0 Å². The van der Waals surface area contributed by atoms with Crippen molar-refractivity contribution in [3.8, 4) is 0 Å². The second-order valence-electron chi connectivity index (χ2n) is 5.52. The summed E-state index contributed by atoms with van der Waals surface area (Å²) in [5, 5.41) is 0. The maximum absolute atomic E-state index is 5.91. The van der Waals surface area contributed by atoms with Crippen molar-refractivity contribution in [1.82, 2.24) is 9.88 Å². The van der Waals surface area contributed by atoms with Crippen LogP contribution in [0.1, 0.15) is 6.42 Å². The van der Waals surface area contributed by atoms with Crippen molar-refractivity contribution in [2.45, 2.75) is 12.5 Å². The Hall–Kier alpha value is -1.39. The van der Waals surface area contributed by atoms with Crippen LogP contribution < -0.4 is 10.6 Å². The van der Waals surface area contributed by atoms with Gasteiger partial charge in [-0.2, -0.15) is 0 Å². The van der Waals surface area contributed by atoms with Crippen molar-refractivity contribution in [2.75, 3.05) is 37.6 Å². The maximum atomic E-state index is 5.91. The summed E-state index contributed by atoms with van der Waals surface area (Å²) in [7, 11) is 0.